The van der Waals surface area contributed by atoms with Gasteiger partial charge in [0, 0.05) is 19.5 Å². The summed E-state index contributed by atoms with van der Waals surface area (Å²) in [6.07, 6.45) is 5.70. The Morgan fingerprint density at radius 3 is 3.00 bits per heavy atom. The van der Waals surface area contributed by atoms with Crippen molar-refractivity contribution in [1.29, 1.82) is 0 Å². The molecule has 2 rings (SSSR count). The third kappa shape index (κ3) is 3.12. The summed E-state index contributed by atoms with van der Waals surface area (Å²) in [6.45, 7) is 1.02. The Hall–Kier alpha value is -1.78. The molecule has 1 saturated heterocycles. The lowest BCUT2D eigenvalue weighted by atomic mass is 9.98. The highest BCUT2D eigenvalue weighted by Crippen LogP contribution is 2.18. The van der Waals surface area contributed by atoms with Crippen molar-refractivity contribution in [2.24, 2.45) is 5.92 Å². The lowest BCUT2D eigenvalue weighted by Gasteiger charge is -2.30. The summed E-state index contributed by atoms with van der Waals surface area (Å²) in [5, 5.41) is 8.97. The Balaban J connectivity index is 1.83. The highest BCUT2D eigenvalue weighted by atomic mass is 16.4. The van der Waals surface area contributed by atoms with E-state index >= 15 is 0 Å². The molecule has 1 aliphatic rings. The van der Waals surface area contributed by atoms with E-state index in [0.29, 0.717) is 32.4 Å². The van der Waals surface area contributed by atoms with E-state index in [2.05, 4.69) is 0 Å². The number of carboxylic acid groups (broad SMARTS) is 1. The van der Waals surface area contributed by atoms with E-state index in [4.69, 9.17) is 9.52 Å². The zero-order valence-electron chi connectivity index (χ0n) is 10.2. The first-order chi connectivity index (χ1) is 8.66. The molecule has 0 saturated carbocycles. The summed E-state index contributed by atoms with van der Waals surface area (Å²) in [4.78, 5) is 24.5. The number of carboxylic acids is 1. The summed E-state index contributed by atoms with van der Waals surface area (Å²) in [5.41, 5.74) is 0.996. The molecule has 1 N–H and O–H groups in total. The Morgan fingerprint density at radius 2 is 2.33 bits per heavy atom. The van der Waals surface area contributed by atoms with Gasteiger partial charge in [-0.2, -0.15) is 0 Å². The fourth-order valence-corrected chi connectivity index (χ4v) is 2.25. The number of rotatable bonds is 4. The van der Waals surface area contributed by atoms with Gasteiger partial charge in [0.05, 0.1) is 18.4 Å². The van der Waals surface area contributed by atoms with E-state index in [1.54, 1.807) is 17.4 Å². The molecular weight excluding hydrogens is 234 g/mol. The smallest absolute Gasteiger partial charge is 0.308 e. The second-order valence-corrected chi connectivity index (χ2v) is 4.65. The molecule has 0 spiro atoms. The highest BCUT2D eigenvalue weighted by molar-refractivity contribution is 5.78. The molecule has 1 aromatic rings. The van der Waals surface area contributed by atoms with E-state index < -0.39 is 11.9 Å². The van der Waals surface area contributed by atoms with Crippen LogP contribution in [0.25, 0.3) is 0 Å². The van der Waals surface area contributed by atoms with Gasteiger partial charge in [-0.3, -0.25) is 9.59 Å². The van der Waals surface area contributed by atoms with Crippen molar-refractivity contribution in [2.45, 2.75) is 25.7 Å². The molecule has 0 bridgehead atoms. The van der Waals surface area contributed by atoms with Crippen LogP contribution in [-0.2, 0) is 16.0 Å². The van der Waals surface area contributed by atoms with Gasteiger partial charge >= 0.3 is 5.97 Å². The molecule has 1 atom stereocenters. The molecule has 5 heteroatoms. The van der Waals surface area contributed by atoms with Crippen LogP contribution in [0.1, 0.15) is 24.8 Å². The number of amides is 1. The number of likely N-dealkylation sites (tertiary alicyclic amines) is 1. The molecule has 0 aliphatic carbocycles. The molecule has 2 heterocycles. The van der Waals surface area contributed by atoms with Gasteiger partial charge in [0.1, 0.15) is 0 Å². The van der Waals surface area contributed by atoms with Gasteiger partial charge < -0.3 is 14.4 Å². The van der Waals surface area contributed by atoms with Crippen molar-refractivity contribution < 1.29 is 19.1 Å². The topological polar surface area (TPSA) is 70.8 Å². The lowest BCUT2D eigenvalue weighted by molar-refractivity contribution is -0.145. The van der Waals surface area contributed by atoms with Crippen LogP contribution in [0.3, 0.4) is 0 Å². The molecule has 5 nitrogen and oxygen atoms in total. The number of piperidine rings is 1. The number of hydrogen-bond acceptors (Lipinski definition) is 3. The predicted molar refractivity (Wildman–Crippen MR) is 64.0 cm³/mol. The number of carbonyl (C=O) groups is 2. The van der Waals surface area contributed by atoms with Crippen LogP contribution in [0.15, 0.2) is 23.0 Å². The molecule has 1 unspecified atom stereocenters. The zero-order valence-corrected chi connectivity index (χ0v) is 10.2. The molecule has 0 radical (unpaired) electrons. The summed E-state index contributed by atoms with van der Waals surface area (Å²) >= 11 is 0. The Kier molecular flexibility index (Phi) is 4.02. The number of nitrogens with zero attached hydrogens (tertiary/aromatic N) is 1. The van der Waals surface area contributed by atoms with E-state index in [0.717, 1.165) is 12.0 Å². The van der Waals surface area contributed by atoms with Crippen LogP contribution in [0, 0.1) is 5.92 Å². The van der Waals surface area contributed by atoms with Gasteiger partial charge in [-0.25, -0.2) is 0 Å². The second kappa shape index (κ2) is 5.71. The Morgan fingerprint density at radius 1 is 1.50 bits per heavy atom. The van der Waals surface area contributed by atoms with E-state index in [1.165, 1.54) is 0 Å². The fourth-order valence-electron chi connectivity index (χ4n) is 2.25. The average Bonchev–Trinajstić information content (AvgIpc) is 2.89. The first-order valence-corrected chi connectivity index (χ1v) is 6.18. The van der Waals surface area contributed by atoms with E-state index in [9.17, 15) is 9.59 Å². The number of hydrogen-bond donors (Lipinski definition) is 1. The van der Waals surface area contributed by atoms with Gasteiger partial charge in [0.15, 0.2) is 0 Å². The summed E-state index contributed by atoms with van der Waals surface area (Å²) in [7, 11) is 0. The first-order valence-electron chi connectivity index (χ1n) is 6.18. The van der Waals surface area contributed by atoms with Gasteiger partial charge in [-0.15, -0.1) is 0 Å². The van der Waals surface area contributed by atoms with Gasteiger partial charge in [0.2, 0.25) is 5.91 Å². The van der Waals surface area contributed by atoms with E-state index in [-0.39, 0.29) is 5.91 Å². The number of aryl methyl sites for hydroxylation is 1. The minimum atomic E-state index is -0.803. The third-order valence-electron chi connectivity index (χ3n) is 3.33. The van der Waals surface area contributed by atoms with Gasteiger partial charge in [-0.1, -0.05) is 0 Å². The predicted octanol–water partition coefficient (Wildman–Crippen LogP) is 1.54. The normalized spacial score (nSPS) is 19.8. The van der Waals surface area contributed by atoms with Crippen LogP contribution >= 0.6 is 0 Å². The molecule has 98 valence electrons. The molecule has 1 aliphatic heterocycles. The van der Waals surface area contributed by atoms with Crippen molar-refractivity contribution in [3.05, 3.63) is 24.2 Å². The summed E-state index contributed by atoms with van der Waals surface area (Å²) < 4.78 is 4.94. The minimum absolute atomic E-state index is 0.0298. The SMILES string of the molecule is O=C(O)C1CCCN(C(=O)CCc2ccoc2)C1. The maximum absolute atomic E-state index is 12.0. The van der Waals surface area contributed by atoms with Gasteiger partial charge in [-0.05, 0) is 30.9 Å². The first kappa shape index (κ1) is 12.7. The largest absolute Gasteiger partial charge is 0.481 e. The minimum Gasteiger partial charge on any atom is -0.481 e. The number of furan rings is 1. The fraction of sp³-hybridized carbons (Fsp3) is 0.538. The highest BCUT2D eigenvalue weighted by Gasteiger charge is 2.27. The lowest BCUT2D eigenvalue weighted by Crippen LogP contribution is -2.42. The molecular formula is C13H17NO4. The van der Waals surface area contributed by atoms with Crippen LogP contribution < -0.4 is 0 Å². The van der Waals surface area contributed by atoms with Crippen LogP contribution in [0.5, 0.6) is 0 Å². The van der Waals surface area contributed by atoms with Crippen molar-refractivity contribution in [3.63, 3.8) is 0 Å². The maximum atomic E-state index is 12.0. The van der Waals surface area contributed by atoms with E-state index in [1.807, 2.05) is 6.07 Å². The van der Waals surface area contributed by atoms with Crippen LogP contribution in [0.2, 0.25) is 0 Å². The molecule has 1 aromatic heterocycles. The van der Waals surface area contributed by atoms with Crippen LogP contribution in [-0.4, -0.2) is 35.0 Å². The number of aliphatic carboxylic acids is 1. The van der Waals surface area contributed by atoms with Crippen molar-refractivity contribution in [1.82, 2.24) is 4.90 Å². The summed E-state index contributed by atoms with van der Waals surface area (Å²) in [5.74, 6) is -1.18. The Bertz CT molecular complexity index is 413. The molecule has 1 fully saturated rings. The molecule has 1 amide bonds. The quantitative estimate of drug-likeness (QED) is 0.881. The second-order valence-electron chi connectivity index (χ2n) is 4.65. The maximum Gasteiger partial charge on any atom is 0.308 e. The average molecular weight is 251 g/mol. The number of carbonyl (C=O) groups excluding carboxylic acids is 1. The zero-order chi connectivity index (χ0) is 13.0. The van der Waals surface area contributed by atoms with Crippen molar-refractivity contribution >= 4 is 11.9 Å². The van der Waals surface area contributed by atoms with Crippen molar-refractivity contribution in [2.75, 3.05) is 13.1 Å². The molecule has 0 aromatic carbocycles. The monoisotopic (exact) mass is 251 g/mol. The Labute approximate surface area is 105 Å². The van der Waals surface area contributed by atoms with Crippen molar-refractivity contribution in [3.8, 4) is 0 Å². The standard InChI is InChI=1S/C13H17NO4/c15-12(4-3-10-5-7-18-9-10)14-6-1-2-11(8-14)13(16)17/h5,7,9,11H,1-4,6,8H2,(H,16,17). The molecule has 18 heavy (non-hydrogen) atoms. The van der Waals surface area contributed by atoms with Gasteiger partial charge in [0.25, 0.3) is 0 Å². The summed E-state index contributed by atoms with van der Waals surface area (Å²) in [6, 6.07) is 1.84. The third-order valence-corrected chi connectivity index (χ3v) is 3.33. The van der Waals surface area contributed by atoms with Crippen LogP contribution in [0.4, 0.5) is 0 Å².